The minimum absolute atomic E-state index is 0.144. The van der Waals surface area contributed by atoms with Gasteiger partial charge in [0.2, 0.25) is 0 Å². The van der Waals surface area contributed by atoms with E-state index in [-0.39, 0.29) is 6.20 Å². The van der Waals surface area contributed by atoms with E-state index in [0.29, 0.717) is 0 Å². The highest BCUT2D eigenvalue weighted by molar-refractivity contribution is 5.36. The lowest BCUT2D eigenvalue weighted by Gasteiger charge is -2.13. The van der Waals surface area contributed by atoms with Gasteiger partial charge in [0.05, 0.1) is 12.7 Å². The molecule has 1 aromatic rings. The first-order chi connectivity index (χ1) is 7.29. The van der Waals surface area contributed by atoms with Gasteiger partial charge in [-0.25, -0.2) is 18.2 Å². The van der Waals surface area contributed by atoms with Gasteiger partial charge >= 0.3 is 6.18 Å². The molecule has 0 aromatic carbocycles. The van der Waals surface area contributed by atoms with Crippen molar-refractivity contribution in [2.24, 2.45) is 0 Å². The number of hydrogen-bond donors (Lipinski definition) is 0. The third-order valence-electron chi connectivity index (χ3n) is 1.71. The standard InChI is InChI=1S/C8H5F6NO/c1-16-5-4(9)3(7(10)11)2-15-6(5)8(12,13)14/h2,7H,1H3. The Balaban J connectivity index is 3.41. The molecule has 90 valence electrons. The zero-order valence-corrected chi connectivity index (χ0v) is 7.78. The maximum Gasteiger partial charge on any atom is 0.437 e. The minimum atomic E-state index is -4.97. The van der Waals surface area contributed by atoms with Crippen molar-refractivity contribution in [1.29, 1.82) is 0 Å². The molecule has 16 heavy (non-hydrogen) atoms. The summed E-state index contributed by atoms with van der Waals surface area (Å²) in [6, 6.07) is 0. The number of nitrogens with zero attached hydrogens (tertiary/aromatic N) is 1. The van der Waals surface area contributed by atoms with Gasteiger partial charge in [-0.15, -0.1) is 0 Å². The third kappa shape index (κ3) is 2.20. The van der Waals surface area contributed by atoms with Crippen LogP contribution in [0.1, 0.15) is 17.7 Å². The number of hydrogen-bond acceptors (Lipinski definition) is 2. The van der Waals surface area contributed by atoms with Crippen LogP contribution >= 0.6 is 0 Å². The number of alkyl halides is 5. The average molecular weight is 245 g/mol. The number of methoxy groups -OCH3 is 1. The van der Waals surface area contributed by atoms with Crippen LogP contribution in [0, 0.1) is 5.82 Å². The molecule has 1 rings (SSSR count). The summed E-state index contributed by atoms with van der Waals surface area (Å²) in [4.78, 5) is 2.73. The van der Waals surface area contributed by atoms with Crippen LogP contribution in [0.3, 0.4) is 0 Å². The molecule has 0 unspecified atom stereocenters. The van der Waals surface area contributed by atoms with Crippen molar-refractivity contribution in [3.63, 3.8) is 0 Å². The van der Waals surface area contributed by atoms with Crippen molar-refractivity contribution in [2.45, 2.75) is 12.6 Å². The van der Waals surface area contributed by atoms with Crippen LogP contribution in [-0.2, 0) is 6.18 Å². The van der Waals surface area contributed by atoms with Crippen molar-refractivity contribution in [2.75, 3.05) is 7.11 Å². The molecule has 1 aromatic heterocycles. The topological polar surface area (TPSA) is 22.1 Å². The predicted molar refractivity (Wildman–Crippen MR) is 40.7 cm³/mol. The molecule has 0 aliphatic heterocycles. The molecule has 0 amide bonds. The molecule has 2 nitrogen and oxygen atoms in total. The Labute approximate surface area is 85.9 Å². The van der Waals surface area contributed by atoms with E-state index in [4.69, 9.17) is 0 Å². The molecule has 0 bridgehead atoms. The summed E-state index contributed by atoms with van der Waals surface area (Å²) in [5, 5.41) is 0. The number of pyridine rings is 1. The second-order valence-corrected chi connectivity index (χ2v) is 2.71. The van der Waals surface area contributed by atoms with Gasteiger partial charge in [0, 0.05) is 6.20 Å². The lowest BCUT2D eigenvalue weighted by atomic mass is 10.2. The van der Waals surface area contributed by atoms with Crippen LogP contribution in [-0.4, -0.2) is 12.1 Å². The van der Waals surface area contributed by atoms with Gasteiger partial charge in [-0.1, -0.05) is 0 Å². The van der Waals surface area contributed by atoms with Gasteiger partial charge in [-0.3, -0.25) is 0 Å². The minimum Gasteiger partial charge on any atom is -0.492 e. The summed E-state index contributed by atoms with van der Waals surface area (Å²) >= 11 is 0. The lowest BCUT2D eigenvalue weighted by Crippen LogP contribution is -2.13. The van der Waals surface area contributed by atoms with Crippen molar-refractivity contribution >= 4 is 0 Å². The number of halogens is 6. The Hall–Kier alpha value is -1.47. The average Bonchev–Trinajstić information content (AvgIpc) is 2.15. The Morgan fingerprint density at radius 2 is 1.88 bits per heavy atom. The molecule has 0 aliphatic rings. The third-order valence-corrected chi connectivity index (χ3v) is 1.71. The monoisotopic (exact) mass is 245 g/mol. The Kier molecular flexibility index (Phi) is 3.30. The van der Waals surface area contributed by atoms with E-state index in [9.17, 15) is 26.3 Å². The maximum absolute atomic E-state index is 13.2. The number of ether oxygens (including phenoxy) is 1. The van der Waals surface area contributed by atoms with E-state index in [1.54, 1.807) is 0 Å². The van der Waals surface area contributed by atoms with E-state index in [1.807, 2.05) is 0 Å². The smallest absolute Gasteiger partial charge is 0.437 e. The summed E-state index contributed by atoms with van der Waals surface area (Å²) in [5.74, 6) is -3.08. The second-order valence-electron chi connectivity index (χ2n) is 2.71. The van der Waals surface area contributed by atoms with Crippen LogP contribution in [0.15, 0.2) is 6.20 Å². The molecule has 0 saturated heterocycles. The van der Waals surface area contributed by atoms with Crippen molar-refractivity contribution < 1.29 is 31.1 Å². The zero-order valence-electron chi connectivity index (χ0n) is 7.78. The molecule has 8 heteroatoms. The molecular weight excluding hydrogens is 240 g/mol. The van der Waals surface area contributed by atoms with Crippen molar-refractivity contribution in [1.82, 2.24) is 4.98 Å². The quantitative estimate of drug-likeness (QED) is 0.746. The SMILES string of the molecule is COc1c(C(F)(F)F)ncc(C(F)F)c1F. The van der Waals surface area contributed by atoms with Gasteiger partial charge in [-0.2, -0.15) is 13.2 Å². The van der Waals surface area contributed by atoms with E-state index < -0.39 is 35.4 Å². The summed E-state index contributed by atoms with van der Waals surface area (Å²) in [5.41, 5.74) is -2.90. The van der Waals surface area contributed by atoms with Gasteiger partial charge < -0.3 is 4.74 Å². The van der Waals surface area contributed by atoms with Crippen LogP contribution in [0.4, 0.5) is 26.3 Å². The van der Waals surface area contributed by atoms with E-state index in [1.165, 1.54) is 0 Å². The molecular formula is C8H5F6NO. The Bertz CT molecular complexity index is 389. The van der Waals surface area contributed by atoms with Crippen molar-refractivity contribution in [3.05, 3.63) is 23.3 Å². The van der Waals surface area contributed by atoms with Crippen molar-refractivity contribution in [3.8, 4) is 5.75 Å². The largest absolute Gasteiger partial charge is 0.492 e. The Morgan fingerprint density at radius 1 is 1.31 bits per heavy atom. The van der Waals surface area contributed by atoms with Crippen LogP contribution in [0.2, 0.25) is 0 Å². The zero-order chi connectivity index (χ0) is 12.5. The molecule has 0 aliphatic carbocycles. The van der Waals surface area contributed by atoms with E-state index >= 15 is 0 Å². The summed E-state index contributed by atoms with van der Waals surface area (Å²) in [6.07, 6.45) is -8.08. The highest BCUT2D eigenvalue weighted by Crippen LogP contribution is 2.38. The first-order valence-electron chi connectivity index (χ1n) is 3.86. The molecule has 0 fully saturated rings. The fourth-order valence-electron chi connectivity index (χ4n) is 1.02. The van der Waals surface area contributed by atoms with Crippen LogP contribution in [0.25, 0.3) is 0 Å². The number of rotatable bonds is 2. The number of aromatic nitrogens is 1. The van der Waals surface area contributed by atoms with Crippen LogP contribution < -0.4 is 4.74 Å². The van der Waals surface area contributed by atoms with E-state index in [0.717, 1.165) is 7.11 Å². The normalized spacial score (nSPS) is 12.0. The fraction of sp³-hybridized carbons (Fsp3) is 0.375. The molecule has 0 atom stereocenters. The lowest BCUT2D eigenvalue weighted by molar-refractivity contribution is -0.142. The van der Waals surface area contributed by atoms with Gasteiger partial charge in [-0.05, 0) is 0 Å². The second kappa shape index (κ2) is 4.18. The Morgan fingerprint density at radius 3 is 2.25 bits per heavy atom. The molecule has 0 spiro atoms. The predicted octanol–water partition coefficient (Wildman–Crippen LogP) is 3.19. The highest BCUT2D eigenvalue weighted by atomic mass is 19.4. The summed E-state index contributed by atoms with van der Waals surface area (Å²) < 4.78 is 78.3. The highest BCUT2D eigenvalue weighted by Gasteiger charge is 2.39. The molecule has 0 radical (unpaired) electrons. The maximum atomic E-state index is 13.2. The fourth-order valence-corrected chi connectivity index (χ4v) is 1.02. The first kappa shape index (κ1) is 12.6. The van der Waals surface area contributed by atoms with Gasteiger partial charge in [0.25, 0.3) is 6.43 Å². The summed E-state index contributed by atoms with van der Waals surface area (Å²) in [7, 11) is 0.741. The van der Waals surface area contributed by atoms with Gasteiger partial charge in [0.15, 0.2) is 17.3 Å². The first-order valence-corrected chi connectivity index (χ1v) is 3.86. The van der Waals surface area contributed by atoms with Gasteiger partial charge in [0.1, 0.15) is 0 Å². The van der Waals surface area contributed by atoms with E-state index in [2.05, 4.69) is 9.72 Å². The van der Waals surface area contributed by atoms with Crippen LogP contribution in [0.5, 0.6) is 5.75 Å². The molecule has 1 heterocycles. The summed E-state index contributed by atoms with van der Waals surface area (Å²) in [6.45, 7) is 0. The molecule has 0 N–H and O–H groups in total. The molecule has 0 saturated carbocycles.